The first-order valence-corrected chi connectivity index (χ1v) is 6.76. The summed E-state index contributed by atoms with van der Waals surface area (Å²) in [6, 6.07) is 7.61. The first-order chi connectivity index (χ1) is 8.34. The molecule has 0 aromatic heterocycles. The maximum atomic E-state index is 12.3. The Bertz CT molecular complexity index is 484. The third kappa shape index (κ3) is 4.31. The highest BCUT2D eigenvalue weighted by molar-refractivity contribution is 7.84. The number of benzene rings is 1. The molecule has 0 aliphatic rings. The van der Waals surface area contributed by atoms with Gasteiger partial charge in [0.15, 0.2) is 5.92 Å². The highest BCUT2D eigenvalue weighted by atomic mass is 35.5. The molecule has 0 N–H and O–H groups in total. The van der Waals surface area contributed by atoms with Crippen LogP contribution in [0.15, 0.2) is 24.3 Å². The van der Waals surface area contributed by atoms with Gasteiger partial charge in [-0.2, -0.15) is 18.4 Å². The van der Waals surface area contributed by atoms with Gasteiger partial charge in [0, 0.05) is 21.6 Å². The Hall–Kier alpha value is -1.06. The van der Waals surface area contributed by atoms with Gasteiger partial charge in [-0.15, -0.1) is 0 Å². The van der Waals surface area contributed by atoms with Crippen LogP contribution in [0.2, 0.25) is 5.02 Å². The van der Waals surface area contributed by atoms with Crippen LogP contribution in [0.1, 0.15) is 5.56 Å². The second kappa shape index (κ2) is 6.21. The fourth-order valence-corrected chi connectivity index (χ4v) is 2.87. The molecule has 0 fully saturated rings. The fraction of sp³-hybridized carbons (Fsp3) is 0.364. The quantitative estimate of drug-likeness (QED) is 0.855. The summed E-state index contributed by atoms with van der Waals surface area (Å²) in [6.45, 7) is 0. The van der Waals surface area contributed by atoms with Gasteiger partial charge in [-0.1, -0.05) is 29.8 Å². The minimum atomic E-state index is -4.65. The van der Waals surface area contributed by atoms with Crippen LogP contribution >= 0.6 is 11.6 Å². The van der Waals surface area contributed by atoms with Crippen molar-refractivity contribution in [2.75, 3.05) is 5.75 Å². The minimum Gasteiger partial charge on any atom is -0.259 e. The molecule has 18 heavy (non-hydrogen) atoms. The molecule has 2 nitrogen and oxygen atoms in total. The van der Waals surface area contributed by atoms with E-state index in [1.54, 1.807) is 24.3 Å². The van der Waals surface area contributed by atoms with Crippen LogP contribution in [-0.4, -0.2) is 16.1 Å². The zero-order valence-corrected chi connectivity index (χ0v) is 10.6. The van der Waals surface area contributed by atoms with Crippen LogP contribution in [0.3, 0.4) is 0 Å². The molecule has 1 rings (SSSR count). The summed E-state index contributed by atoms with van der Waals surface area (Å²) in [5.41, 5.74) is 0.511. The Morgan fingerprint density at radius 2 is 2.00 bits per heavy atom. The van der Waals surface area contributed by atoms with Gasteiger partial charge in [0.05, 0.1) is 11.8 Å². The van der Waals surface area contributed by atoms with Crippen molar-refractivity contribution in [1.82, 2.24) is 0 Å². The van der Waals surface area contributed by atoms with E-state index in [-0.39, 0.29) is 5.75 Å². The van der Waals surface area contributed by atoms with E-state index in [4.69, 9.17) is 16.9 Å². The van der Waals surface area contributed by atoms with Crippen molar-refractivity contribution in [1.29, 1.82) is 5.26 Å². The van der Waals surface area contributed by atoms with Crippen LogP contribution in [0.25, 0.3) is 0 Å². The van der Waals surface area contributed by atoms with E-state index in [0.29, 0.717) is 10.6 Å². The van der Waals surface area contributed by atoms with Crippen molar-refractivity contribution in [3.63, 3.8) is 0 Å². The maximum absolute atomic E-state index is 12.3. The first kappa shape index (κ1) is 15.0. The SMILES string of the molecule is N#CC(CS(=O)Cc1ccccc1Cl)C(F)(F)F. The number of alkyl halides is 3. The molecule has 1 aromatic carbocycles. The number of rotatable bonds is 4. The molecule has 0 aliphatic carbocycles. The predicted octanol–water partition coefficient (Wildman–Crippen LogP) is 3.29. The number of halogens is 4. The van der Waals surface area contributed by atoms with E-state index in [9.17, 15) is 17.4 Å². The average molecular weight is 296 g/mol. The normalized spacial score (nSPS) is 14.8. The lowest BCUT2D eigenvalue weighted by Crippen LogP contribution is -2.27. The van der Waals surface area contributed by atoms with Crippen molar-refractivity contribution in [3.8, 4) is 6.07 Å². The summed E-state index contributed by atoms with van der Waals surface area (Å²) >= 11 is 5.81. The summed E-state index contributed by atoms with van der Waals surface area (Å²) in [6.07, 6.45) is -4.65. The van der Waals surface area contributed by atoms with Crippen LogP contribution in [-0.2, 0) is 16.6 Å². The zero-order valence-electron chi connectivity index (χ0n) is 9.08. The molecule has 0 saturated heterocycles. The summed E-state index contributed by atoms with van der Waals surface area (Å²) in [4.78, 5) is 0. The third-order valence-electron chi connectivity index (χ3n) is 2.18. The molecular formula is C11H9ClF3NOS. The predicted molar refractivity (Wildman–Crippen MR) is 63.3 cm³/mol. The van der Waals surface area contributed by atoms with E-state index in [2.05, 4.69) is 0 Å². The number of hydrogen-bond acceptors (Lipinski definition) is 2. The van der Waals surface area contributed by atoms with Crippen LogP contribution in [0.4, 0.5) is 13.2 Å². The van der Waals surface area contributed by atoms with Crippen LogP contribution in [0, 0.1) is 17.2 Å². The monoisotopic (exact) mass is 295 g/mol. The standard InChI is InChI=1S/C11H9ClF3NOS/c12-10-4-2-1-3-8(10)6-18(17)7-9(5-16)11(13,14)15/h1-4,9H,6-7H2. The molecule has 0 heterocycles. The molecule has 0 bridgehead atoms. The van der Waals surface area contributed by atoms with Gasteiger partial charge in [-0.25, -0.2) is 0 Å². The van der Waals surface area contributed by atoms with Crippen molar-refractivity contribution < 1.29 is 17.4 Å². The molecule has 1 aromatic rings. The first-order valence-electron chi connectivity index (χ1n) is 4.89. The molecule has 0 aliphatic heterocycles. The van der Waals surface area contributed by atoms with E-state index in [1.165, 1.54) is 0 Å². The van der Waals surface area contributed by atoms with Crippen molar-refractivity contribution >= 4 is 22.4 Å². The van der Waals surface area contributed by atoms with Crippen molar-refractivity contribution in [2.24, 2.45) is 5.92 Å². The van der Waals surface area contributed by atoms with Gasteiger partial charge < -0.3 is 0 Å². The Labute approximate surface area is 110 Å². The van der Waals surface area contributed by atoms with Gasteiger partial charge in [0.1, 0.15) is 0 Å². The Morgan fingerprint density at radius 1 is 1.39 bits per heavy atom. The number of hydrogen-bond donors (Lipinski definition) is 0. The third-order valence-corrected chi connectivity index (χ3v) is 3.88. The molecule has 0 radical (unpaired) electrons. The van der Waals surface area contributed by atoms with Gasteiger partial charge in [0.25, 0.3) is 0 Å². The summed E-state index contributed by atoms with van der Waals surface area (Å²) < 4.78 is 48.5. The largest absolute Gasteiger partial charge is 0.405 e. The van der Waals surface area contributed by atoms with Crippen molar-refractivity contribution in [3.05, 3.63) is 34.9 Å². The van der Waals surface area contributed by atoms with Gasteiger partial charge >= 0.3 is 6.18 Å². The zero-order chi connectivity index (χ0) is 13.8. The smallest absolute Gasteiger partial charge is 0.259 e. The molecule has 7 heteroatoms. The van der Waals surface area contributed by atoms with Crippen molar-refractivity contribution in [2.45, 2.75) is 11.9 Å². The Balaban J connectivity index is 2.68. The summed E-state index contributed by atoms with van der Waals surface area (Å²) in [7, 11) is -1.78. The Morgan fingerprint density at radius 3 is 2.50 bits per heavy atom. The molecule has 0 spiro atoms. The molecule has 2 unspecified atom stereocenters. The lowest BCUT2D eigenvalue weighted by Gasteiger charge is -2.12. The fourth-order valence-electron chi connectivity index (χ4n) is 1.24. The molecule has 0 amide bonds. The van der Waals surface area contributed by atoms with E-state index >= 15 is 0 Å². The van der Waals surface area contributed by atoms with E-state index < -0.39 is 28.6 Å². The molecule has 2 atom stereocenters. The molecular weight excluding hydrogens is 287 g/mol. The minimum absolute atomic E-state index is 0.0894. The van der Waals surface area contributed by atoms with E-state index in [1.807, 2.05) is 0 Å². The van der Waals surface area contributed by atoms with E-state index in [0.717, 1.165) is 6.07 Å². The second-order valence-corrected chi connectivity index (χ2v) is 5.47. The number of nitrogens with zero attached hydrogens (tertiary/aromatic N) is 1. The summed E-state index contributed by atoms with van der Waals surface area (Å²) in [5.74, 6) is -3.03. The molecule has 0 saturated carbocycles. The topological polar surface area (TPSA) is 40.9 Å². The average Bonchev–Trinajstić information content (AvgIpc) is 2.27. The lowest BCUT2D eigenvalue weighted by atomic mass is 10.2. The summed E-state index contributed by atoms with van der Waals surface area (Å²) in [5, 5.41) is 8.75. The maximum Gasteiger partial charge on any atom is 0.405 e. The highest BCUT2D eigenvalue weighted by Crippen LogP contribution is 2.27. The Kier molecular flexibility index (Phi) is 5.17. The van der Waals surface area contributed by atoms with Crippen LogP contribution < -0.4 is 0 Å². The van der Waals surface area contributed by atoms with Crippen LogP contribution in [0.5, 0.6) is 0 Å². The van der Waals surface area contributed by atoms with Gasteiger partial charge in [0.2, 0.25) is 0 Å². The lowest BCUT2D eigenvalue weighted by molar-refractivity contribution is -0.153. The highest BCUT2D eigenvalue weighted by Gasteiger charge is 2.40. The molecule has 98 valence electrons. The number of nitriles is 1. The van der Waals surface area contributed by atoms with Gasteiger partial charge in [-0.05, 0) is 11.6 Å². The van der Waals surface area contributed by atoms with Gasteiger partial charge in [-0.3, -0.25) is 4.21 Å². The second-order valence-electron chi connectivity index (χ2n) is 3.57.